The second-order valence-electron chi connectivity index (χ2n) is 25.4. The van der Waals surface area contributed by atoms with E-state index >= 15 is 0 Å². The van der Waals surface area contributed by atoms with Gasteiger partial charge in [-0.15, -0.1) is 0 Å². The molecule has 2 aliphatic rings. The van der Waals surface area contributed by atoms with Crippen molar-refractivity contribution in [1.82, 2.24) is 5.32 Å². The maximum Gasteiger partial charge on any atom is 0.220 e. The van der Waals surface area contributed by atoms with Gasteiger partial charge in [0, 0.05) is 6.42 Å². The number of aliphatic hydroxyl groups is 8. The summed E-state index contributed by atoms with van der Waals surface area (Å²) in [6.45, 7) is 2.82. The van der Waals surface area contributed by atoms with Gasteiger partial charge in [0.1, 0.15) is 48.8 Å². The topological polar surface area (TPSA) is 228 Å². The van der Waals surface area contributed by atoms with Gasteiger partial charge in [-0.05, 0) is 44.9 Å². The first kappa shape index (κ1) is 79.3. The van der Waals surface area contributed by atoms with E-state index in [1.54, 1.807) is 6.08 Å². The van der Waals surface area contributed by atoms with Crippen LogP contribution in [0, 0.1) is 0 Å². The zero-order valence-corrected chi connectivity index (χ0v) is 54.4. The van der Waals surface area contributed by atoms with Crippen molar-refractivity contribution in [3.8, 4) is 0 Å². The molecule has 12 atom stereocenters. The molecule has 0 aliphatic carbocycles. The molecule has 1 amide bonds. The third-order valence-electron chi connectivity index (χ3n) is 17.6. The fraction of sp³-hybridized carbons (Fsp3) is 0.901. The molecule has 0 radical (unpaired) electrons. The third-order valence-corrected chi connectivity index (χ3v) is 17.6. The number of unbranched alkanes of at least 4 members (excludes halogenated alkanes) is 42. The second-order valence-corrected chi connectivity index (χ2v) is 25.4. The van der Waals surface area contributed by atoms with Crippen LogP contribution in [0.1, 0.15) is 316 Å². The Balaban J connectivity index is 1.65. The van der Waals surface area contributed by atoms with Gasteiger partial charge in [-0.2, -0.15) is 0 Å². The van der Waals surface area contributed by atoms with E-state index in [-0.39, 0.29) is 18.9 Å². The Morgan fingerprint density at radius 3 is 1.15 bits per heavy atom. The molecule has 14 heteroatoms. The van der Waals surface area contributed by atoms with Crippen LogP contribution in [0.4, 0.5) is 0 Å². The van der Waals surface area contributed by atoms with E-state index in [1.807, 2.05) is 6.08 Å². The first-order valence-electron chi connectivity index (χ1n) is 35.7. The lowest BCUT2D eigenvalue weighted by Crippen LogP contribution is -2.65. The number of aliphatic hydroxyl groups excluding tert-OH is 8. The van der Waals surface area contributed by atoms with E-state index in [1.165, 1.54) is 238 Å². The minimum Gasteiger partial charge on any atom is -0.394 e. The van der Waals surface area contributed by atoms with Crippen LogP contribution in [-0.4, -0.2) is 140 Å². The Hall–Kier alpha value is -1.79. The van der Waals surface area contributed by atoms with E-state index in [2.05, 4.69) is 43.5 Å². The van der Waals surface area contributed by atoms with Gasteiger partial charge in [-0.1, -0.05) is 301 Å². The molecule has 2 aliphatic heterocycles. The summed E-state index contributed by atoms with van der Waals surface area (Å²) < 4.78 is 22.8. The van der Waals surface area contributed by atoms with Gasteiger partial charge in [0.25, 0.3) is 0 Å². The number of allylic oxidation sites excluding steroid dienone is 5. The van der Waals surface area contributed by atoms with E-state index in [4.69, 9.17) is 18.9 Å². The van der Waals surface area contributed by atoms with Gasteiger partial charge >= 0.3 is 0 Å². The third kappa shape index (κ3) is 40.5. The number of nitrogens with one attached hydrogen (secondary N) is 1. The molecule has 85 heavy (non-hydrogen) atoms. The molecule has 0 aromatic rings. The van der Waals surface area contributed by atoms with Crippen molar-refractivity contribution in [1.29, 1.82) is 0 Å². The van der Waals surface area contributed by atoms with Crippen LogP contribution in [0.15, 0.2) is 36.5 Å². The van der Waals surface area contributed by atoms with Crippen molar-refractivity contribution < 1.29 is 64.6 Å². The largest absolute Gasteiger partial charge is 0.394 e. The van der Waals surface area contributed by atoms with Gasteiger partial charge < -0.3 is 65.1 Å². The quantitative estimate of drug-likeness (QED) is 0.0204. The minimum atomic E-state index is -1.79. The van der Waals surface area contributed by atoms with Crippen molar-refractivity contribution in [2.45, 2.75) is 389 Å². The van der Waals surface area contributed by atoms with Crippen molar-refractivity contribution in [2.75, 3.05) is 19.8 Å². The Morgan fingerprint density at radius 1 is 0.412 bits per heavy atom. The number of ether oxygens (including phenoxy) is 4. The second kappa shape index (κ2) is 56.2. The highest BCUT2D eigenvalue weighted by Crippen LogP contribution is 2.30. The van der Waals surface area contributed by atoms with Crippen molar-refractivity contribution in [3.05, 3.63) is 36.5 Å². The Morgan fingerprint density at radius 2 is 0.753 bits per heavy atom. The summed E-state index contributed by atoms with van der Waals surface area (Å²) in [4.78, 5) is 13.3. The fourth-order valence-electron chi connectivity index (χ4n) is 11.9. The molecule has 12 unspecified atom stereocenters. The number of amides is 1. The van der Waals surface area contributed by atoms with Crippen LogP contribution in [0.2, 0.25) is 0 Å². The molecule has 0 bridgehead atoms. The smallest absolute Gasteiger partial charge is 0.220 e. The number of hydrogen-bond donors (Lipinski definition) is 9. The van der Waals surface area contributed by atoms with E-state index < -0.39 is 86.8 Å². The highest BCUT2D eigenvalue weighted by atomic mass is 16.7. The number of hydrogen-bond acceptors (Lipinski definition) is 13. The lowest BCUT2D eigenvalue weighted by molar-refractivity contribution is -0.359. The minimum absolute atomic E-state index is 0.247. The summed E-state index contributed by atoms with van der Waals surface area (Å²) in [6.07, 6.45) is 55.1. The highest BCUT2D eigenvalue weighted by molar-refractivity contribution is 5.76. The lowest BCUT2D eigenvalue weighted by Gasteiger charge is -2.46. The highest BCUT2D eigenvalue weighted by Gasteiger charge is 2.51. The molecule has 9 N–H and O–H groups in total. The van der Waals surface area contributed by atoms with E-state index in [9.17, 15) is 45.6 Å². The molecular formula is C71H133NO13. The Kier molecular flexibility index (Phi) is 52.4. The molecule has 0 saturated carbocycles. The SMILES string of the molecule is CCCCCCCCCCC/C=C/CC/C=C/CC/C=C/C(O)C(COC1OC(CO)C(OC2OC(CO)C(O)C(O)C2O)C(O)C1O)NC(=O)CCCCCCCCCCCCCCCCCCCCCCCCCCCCCCCCCC. The molecule has 14 nitrogen and oxygen atoms in total. The van der Waals surface area contributed by atoms with Crippen LogP contribution in [0.5, 0.6) is 0 Å². The summed E-state index contributed by atoms with van der Waals surface area (Å²) in [7, 11) is 0. The summed E-state index contributed by atoms with van der Waals surface area (Å²) in [5.41, 5.74) is 0. The maximum absolute atomic E-state index is 13.3. The first-order chi connectivity index (χ1) is 41.6. The predicted octanol–water partition coefficient (Wildman–Crippen LogP) is 14.5. The van der Waals surface area contributed by atoms with Gasteiger partial charge in [0.05, 0.1) is 32.0 Å². The molecule has 2 saturated heterocycles. The van der Waals surface area contributed by atoms with Crippen molar-refractivity contribution in [2.24, 2.45) is 0 Å². The van der Waals surface area contributed by atoms with Crippen LogP contribution < -0.4 is 5.32 Å². The van der Waals surface area contributed by atoms with Crippen LogP contribution >= 0.6 is 0 Å². The zero-order chi connectivity index (χ0) is 61.6. The fourth-order valence-corrected chi connectivity index (χ4v) is 11.9. The van der Waals surface area contributed by atoms with Gasteiger partial charge in [-0.25, -0.2) is 0 Å². The zero-order valence-electron chi connectivity index (χ0n) is 54.4. The van der Waals surface area contributed by atoms with E-state index in [0.29, 0.717) is 12.8 Å². The van der Waals surface area contributed by atoms with Crippen molar-refractivity contribution in [3.63, 3.8) is 0 Å². The summed E-state index contributed by atoms with van der Waals surface area (Å²) >= 11 is 0. The standard InChI is InChI=1S/C71H133NO13/c1-3-5-7-9-11-13-15-17-19-21-23-24-25-26-27-28-29-30-31-32-33-34-35-37-39-41-43-45-47-49-51-53-55-63(76)72-59(60(75)54-52-50-48-46-44-42-40-38-36-22-20-18-16-14-12-10-8-6-4-2)58-82-70-68(81)66(79)69(62(57-74)84-70)85-71-67(80)65(78)64(77)61(56-73)83-71/h36,38,44,46,52,54,59-62,64-71,73-75,77-81H,3-35,37,39-43,45,47-51,53,55-58H2,1-2H3,(H,72,76)/b38-36+,46-44+,54-52+. The first-order valence-corrected chi connectivity index (χ1v) is 35.7. The molecule has 2 heterocycles. The average molecular weight is 1210 g/mol. The monoisotopic (exact) mass is 1210 g/mol. The normalized spacial score (nSPS) is 23.7. The number of rotatable bonds is 59. The van der Waals surface area contributed by atoms with Crippen LogP contribution in [0.25, 0.3) is 0 Å². The average Bonchev–Trinajstić information content (AvgIpc) is 3.70. The number of carbonyl (C=O) groups is 1. The summed E-state index contributed by atoms with van der Waals surface area (Å²) in [5.74, 6) is -0.247. The number of carbonyl (C=O) groups excluding carboxylic acids is 1. The lowest BCUT2D eigenvalue weighted by atomic mass is 9.97. The van der Waals surface area contributed by atoms with Gasteiger partial charge in [0.15, 0.2) is 12.6 Å². The molecule has 2 rings (SSSR count). The molecule has 0 aromatic heterocycles. The Bertz CT molecular complexity index is 1560. The van der Waals surface area contributed by atoms with Crippen molar-refractivity contribution >= 4 is 5.91 Å². The predicted molar refractivity (Wildman–Crippen MR) is 346 cm³/mol. The van der Waals surface area contributed by atoms with Gasteiger partial charge in [-0.3, -0.25) is 4.79 Å². The Labute approximate surface area is 519 Å². The maximum atomic E-state index is 13.3. The molecular weight excluding hydrogens is 1070 g/mol. The van der Waals surface area contributed by atoms with Gasteiger partial charge in [0.2, 0.25) is 5.91 Å². The molecule has 0 aromatic carbocycles. The molecule has 0 spiro atoms. The van der Waals surface area contributed by atoms with Crippen LogP contribution in [-0.2, 0) is 23.7 Å². The summed E-state index contributed by atoms with van der Waals surface area (Å²) in [5, 5.41) is 87.3. The molecule has 2 fully saturated rings. The van der Waals surface area contributed by atoms with E-state index in [0.717, 1.165) is 44.9 Å². The van der Waals surface area contributed by atoms with Crippen LogP contribution in [0.3, 0.4) is 0 Å². The summed E-state index contributed by atoms with van der Waals surface area (Å²) in [6, 6.07) is -0.937. The molecule has 500 valence electrons.